The summed E-state index contributed by atoms with van der Waals surface area (Å²) in [6.07, 6.45) is 0. The molecule has 1 aromatic heterocycles. The summed E-state index contributed by atoms with van der Waals surface area (Å²) in [6, 6.07) is 6.78. The molecule has 0 aliphatic carbocycles. The van der Waals surface area contributed by atoms with E-state index in [9.17, 15) is 14.5 Å². The Kier molecular flexibility index (Phi) is 2.36. The average molecular weight is 216 g/mol. The molecule has 1 heterocycles. The number of hydrogen-bond acceptors (Lipinski definition) is 3. The lowest BCUT2D eigenvalue weighted by molar-refractivity contribution is 0.0999. The second-order valence-corrected chi connectivity index (χ2v) is 3.50. The summed E-state index contributed by atoms with van der Waals surface area (Å²) in [7, 11) is 0. The van der Waals surface area contributed by atoms with E-state index in [0.717, 1.165) is 5.56 Å². The van der Waals surface area contributed by atoms with Gasteiger partial charge in [0.2, 0.25) is 0 Å². The van der Waals surface area contributed by atoms with Crippen LogP contribution in [0.1, 0.15) is 15.9 Å². The molecule has 0 saturated heterocycles. The number of aromatic amines is 1. The van der Waals surface area contributed by atoms with Gasteiger partial charge in [-0.25, -0.2) is 0 Å². The first-order valence-corrected chi connectivity index (χ1v) is 4.63. The lowest BCUT2D eigenvalue weighted by atomic mass is 10.1. The zero-order valence-corrected chi connectivity index (χ0v) is 8.48. The van der Waals surface area contributed by atoms with E-state index < -0.39 is 11.5 Å². The van der Waals surface area contributed by atoms with Gasteiger partial charge in [-0.05, 0) is 30.5 Å². The number of H-pyrrole nitrogens is 1. The number of benzene rings is 1. The van der Waals surface area contributed by atoms with Crippen molar-refractivity contribution in [3.63, 3.8) is 0 Å². The highest BCUT2D eigenvalue weighted by Gasteiger charge is 2.11. The number of aromatic nitrogens is 1. The number of pyridine rings is 1. The minimum Gasteiger partial charge on any atom is -0.321 e. The Labute approximate surface area is 90.1 Å². The number of nitroso groups, excluding NO2 is 1. The Bertz CT molecular complexity index is 643. The molecule has 0 bridgehead atoms. The fraction of sp³-hybridized carbons (Fsp3) is 0.0909. The van der Waals surface area contributed by atoms with Crippen molar-refractivity contribution in [2.45, 2.75) is 6.92 Å². The number of carbonyl (C=O) groups excluding carboxylic acids is 1. The van der Waals surface area contributed by atoms with Crippen molar-refractivity contribution < 1.29 is 4.79 Å². The zero-order valence-electron chi connectivity index (χ0n) is 8.48. The van der Waals surface area contributed by atoms with Crippen molar-refractivity contribution >= 4 is 16.8 Å². The molecule has 16 heavy (non-hydrogen) atoms. The lowest BCUT2D eigenvalue weighted by Crippen LogP contribution is -2.15. The third-order valence-corrected chi connectivity index (χ3v) is 2.31. The largest absolute Gasteiger partial charge is 0.322 e. The standard InChI is InChI=1S/C11H8N2O3/c1-6-2-3-9-7(4-6)5-8(10(14)12-9)11(15)13-16/h2-5H,1H3,(H,12,14). The average Bonchev–Trinajstić information content (AvgIpc) is 2.28. The summed E-state index contributed by atoms with van der Waals surface area (Å²) in [5.74, 6) is -1.05. The van der Waals surface area contributed by atoms with Crippen LogP contribution in [0.4, 0.5) is 0 Å². The SMILES string of the molecule is Cc1ccc2[nH]c(=O)c(C(=O)N=O)cc2c1. The van der Waals surface area contributed by atoms with Crippen molar-refractivity contribution in [2.24, 2.45) is 5.18 Å². The van der Waals surface area contributed by atoms with E-state index in [0.29, 0.717) is 10.9 Å². The molecule has 0 saturated carbocycles. The molecule has 0 aliphatic rings. The van der Waals surface area contributed by atoms with Gasteiger partial charge in [-0.2, -0.15) is 0 Å². The van der Waals surface area contributed by atoms with Crippen LogP contribution in [0.2, 0.25) is 0 Å². The van der Waals surface area contributed by atoms with Gasteiger partial charge in [-0.3, -0.25) is 9.59 Å². The predicted molar refractivity (Wildman–Crippen MR) is 59.4 cm³/mol. The van der Waals surface area contributed by atoms with E-state index in [1.54, 1.807) is 6.07 Å². The Hall–Kier alpha value is -2.30. The van der Waals surface area contributed by atoms with Crippen LogP contribution in [0.15, 0.2) is 34.2 Å². The maximum absolute atomic E-state index is 11.4. The van der Waals surface area contributed by atoms with Gasteiger partial charge in [-0.1, -0.05) is 11.6 Å². The van der Waals surface area contributed by atoms with Crippen LogP contribution >= 0.6 is 0 Å². The highest BCUT2D eigenvalue weighted by molar-refractivity contribution is 5.97. The second-order valence-electron chi connectivity index (χ2n) is 3.50. The van der Waals surface area contributed by atoms with Gasteiger partial charge in [0.05, 0.1) is 0 Å². The molecule has 0 aliphatic heterocycles. The second kappa shape index (κ2) is 3.69. The van der Waals surface area contributed by atoms with Crippen LogP contribution in [0.5, 0.6) is 0 Å². The predicted octanol–water partition coefficient (Wildman–Crippen LogP) is 1.74. The van der Waals surface area contributed by atoms with E-state index >= 15 is 0 Å². The zero-order chi connectivity index (χ0) is 11.7. The van der Waals surface area contributed by atoms with Crippen LogP contribution in [-0.2, 0) is 0 Å². The maximum Gasteiger partial charge on any atom is 0.322 e. The van der Waals surface area contributed by atoms with Crippen LogP contribution < -0.4 is 5.56 Å². The number of amides is 1. The number of rotatable bonds is 1. The van der Waals surface area contributed by atoms with Gasteiger partial charge in [0, 0.05) is 10.7 Å². The third kappa shape index (κ3) is 1.63. The monoisotopic (exact) mass is 216 g/mol. The summed E-state index contributed by atoms with van der Waals surface area (Å²) < 4.78 is 0. The molecule has 1 aromatic carbocycles. The highest BCUT2D eigenvalue weighted by atomic mass is 16.3. The van der Waals surface area contributed by atoms with Crippen LogP contribution in [0, 0.1) is 11.8 Å². The molecular weight excluding hydrogens is 208 g/mol. The van der Waals surface area contributed by atoms with E-state index in [2.05, 4.69) is 10.2 Å². The molecule has 2 aromatic rings. The molecule has 80 valence electrons. The first-order valence-electron chi connectivity index (χ1n) is 4.63. The summed E-state index contributed by atoms with van der Waals surface area (Å²) in [5, 5.41) is 2.94. The number of aryl methyl sites for hydroxylation is 1. The normalized spacial score (nSPS) is 10.3. The number of fused-ring (bicyclic) bond motifs is 1. The molecular formula is C11H8N2O3. The van der Waals surface area contributed by atoms with Gasteiger partial charge >= 0.3 is 5.91 Å². The van der Waals surface area contributed by atoms with Gasteiger partial charge < -0.3 is 4.98 Å². The quantitative estimate of drug-likeness (QED) is 0.737. The number of nitrogens with one attached hydrogen (secondary N) is 1. The first-order chi connectivity index (χ1) is 7.61. The number of hydrogen-bond donors (Lipinski definition) is 1. The molecule has 5 nitrogen and oxygen atoms in total. The fourth-order valence-electron chi connectivity index (χ4n) is 1.53. The molecule has 0 fully saturated rings. The molecule has 0 atom stereocenters. The molecule has 5 heteroatoms. The van der Waals surface area contributed by atoms with Gasteiger partial charge in [0.25, 0.3) is 5.56 Å². The van der Waals surface area contributed by atoms with Crippen molar-refractivity contribution in [1.82, 2.24) is 4.98 Å². The van der Waals surface area contributed by atoms with E-state index in [1.165, 1.54) is 6.07 Å². The molecule has 1 amide bonds. The number of nitrogens with zero attached hydrogens (tertiary/aromatic N) is 1. The molecule has 1 N–H and O–H groups in total. The summed E-state index contributed by atoms with van der Waals surface area (Å²) in [4.78, 5) is 35.1. The van der Waals surface area contributed by atoms with Crippen LogP contribution in [-0.4, -0.2) is 10.9 Å². The molecule has 0 spiro atoms. The van der Waals surface area contributed by atoms with Crippen LogP contribution in [0.25, 0.3) is 10.9 Å². The minimum atomic E-state index is -1.05. The van der Waals surface area contributed by atoms with Crippen molar-refractivity contribution in [3.8, 4) is 0 Å². The van der Waals surface area contributed by atoms with Gasteiger partial charge in [-0.15, -0.1) is 4.91 Å². The van der Waals surface area contributed by atoms with E-state index in [1.807, 2.05) is 19.1 Å². The highest BCUT2D eigenvalue weighted by Crippen LogP contribution is 2.13. The smallest absolute Gasteiger partial charge is 0.321 e. The van der Waals surface area contributed by atoms with E-state index in [-0.39, 0.29) is 5.56 Å². The minimum absolute atomic E-state index is 0.229. The van der Waals surface area contributed by atoms with E-state index in [4.69, 9.17) is 0 Å². The van der Waals surface area contributed by atoms with Gasteiger partial charge in [0.1, 0.15) is 5.56 Å². The summed E-state index contributed by atoms with van der Waals surface area (Å²) in [6.45, 7) is 1.89. The Morgan fingerprint density at radius 3 is 2.75 bits per heavy atom. The lowest BCUT2D eigenvalue weighted by Gasteiger charge is -2.00. The third-order valence-electron chi connectivity index (χ3n) is 2.31. The van der Waals surface area contributed by atoms with Crippen molar-refractivity contribution in [3.05, 3.63) is 50.7 Å². The Balaban J connectivity index is 2.78. The van der Waals surface area contributed by atoms with Crippen molar-refractivity contribution in [2.75, 3.05) is 0 Å². The Morgan fingerprint density at radius 1 is 1.31 bits per heavy atom. The number of carbonyl (C=O) groups is 1. The molecule has 0 radical (unpaired) electrons. The van der Waals surface area contributed by atoms with Gasteiger partial charge in [0.15, 0.2) is 0 Å². The summed E-state index contributed by atoms with van der Waals surface area (Å²) in [5.41, 5.74) is 0.795. The summed E-state index contributed by atoms with van der Waals surface area (Å²) >= 11 is 0. The Morgan fingerprint density at radius 2 is 2.06 bits per heavy atom. The topological polar surface area (TPSA) is 79.4 Å². The molecule has 2 rings (SSSR count). The molecule has 0 unspecified atom stereocenters. The van der Waals surface area contributed by atoms with Crippen molar-refractivity contribution in [1.29, 1.82) is 0 Å². The first kappa shape index (κ1) is 10.2. The van der Waals surface area contributed by atoms with Crippen LogP contribution in [0.3, 0.4) is 0 Å². The maximum atomic E-state index is 11.4. The fourth-order valence-corrected chi connectivity index (χ4v) is 1.53.